The number of nitrogens with zero attached hydrogens (tertiary/aromatic N) is 3. The maximum absolute atomic E-state index is 11.0. The van der Waals surface area contributed by atoms with Crippen molar-refractivity contribution in [2.24, 2.45) is 11.0 Å². The molecule has 0 bridgehead atoms. The minimum absolute atomic E-state index is 0.246. The number of aldehydes is 1. The fraction of sp³-hybridized carbons (Fsp3) is 0.917. The molecule has 0 aliphatic rings. The summed E-state index contributed by atoms with van der Waals surface area (Å²) < 4.78 is 0. The van der Waals surface area contributed by atoms with E-state index in [1.807, 2.05) is 0 Å². The molecule has 0 aromatic rings. The van der Waals surface area contributed by atoms with Gasteiger partial charge in [0, 0.05) is 10.8 Å². The van der Waals surface area contributed by atoms with Crippen LogP contribution in [0.15, 0.2) is 5.11 Å². The Morgan fingerprint density at radius 2 is 2.11 bits per heavy atom. The molecule has 0 aliphatic carbocycles. The van der Waals surface area contributed by atoms with Crippen molar-refractivity contribution in [3.63, 3.8) is 0 Å². The normalized spacial score (nSPS) is 17.3. The zero-order valence-electron chi connectivity index (χ0n) is 11.1. The minimum Gasteiger partial charge on any atom is -0.389 e. The number of hydrogen-bond acceptors (Lipinski definition) is 4. The van der Waals surface area contributed by atoms with E-state index in [1.165, 1.54) is 6.92 Å². The second kappa shape index (κ2) is 8.91. The van der Waals surface area contributed by atoms with E-state index < -0.39 is 17.6 Å². The van der Waals surface area contributed by atoms with Gasteiger partial charge in [0.05, 0.1) is 18.2 Å². The Kier molecular flexibility index (Phi) is 8.37. The van der Waals surface area contributed by atoms with Crippen LogP contribution in [0.4, 0.5) is 0 Å². The molecule has 0 amide bonds. The van der Waals surface area contributed by atoms with E-state index in [2.05, 4.69) is 16.9 Å². The molecule has 6 nitrogen and oxygen atoms in total. The van der Waals surface area contributed by atoms with Crippen molar-refractivity contribution in [2.45, 2.75) is 57.7 Å². The molecule has 3 atom stereocenters. The summed E-state index contributed by atoms with van der Waals surface area (Å²) in [4.78, 5) is 13.5. The summed E-state index contributed by atoms with van der Waals surface area (Å²) in [6, 6.07) is 0. The number of rotatable bonds is 10. The topological polar surface area (TPSA) is 106 Å². The molecule has 0 fully saturated rings. The van der Waals surface area contributed by atoms with Crippen molar-refractivity contribution >= 4 is 6.29 Å². The van der Waals surface area contributed by atoms with Crippen LogP contribution in [0.2, 0.25) is 0 Å². The van der Waals surface area contributed by atoms with Crippen molar-refractivity contribution in [2.75, 3.05) is 6.54 Å². The van der Waals surface area contributed by atoms with Crippen LogP contribution in [0.3, 0.4) is 0 Å². The average Bonchev–Trinajstić information content (AvgIpc) is 2.36. The van der Waals surface area contributed by atoms with Gasteiger partial charge in [-0.2, -0.15) is 0 Å². The molecule has 2 N–H and O–H groups in total. The highest BCUT2D eigenvalue weighted by Crippen LogP contribution is 2.22. The van der Waals surface area contributed by atoms with Crippen LogP contribution in [0.1, 0.15) is 46.0 Å². The number of carbonyl (C=O) groups is 1. The molecule has 0 aromatic heterocycles. The molecule has 0 rings (SSSR count). The van der Waals surface area contributed by atoms with Gasteiger partial charge in [-0.15, -0.1) is 0 Å². The molecule has 0 aliphatic heterocycles. The first-order chi connectivity index (χ1) is 8.49. The van der Waals surface area contributed by atoms with E-state index in [9.17, 15) is 15.0 Å². The SMILES string of the molecule is CCCCCCC(C=O)C(O)C(C)(O)CN=[N+]=[N-]. The van der Waals surface area contributed by atoms with Crippen molar-refractivity contribution in [1.29, 1.82) is 0 Å². The van der Waals surface area contributed by atoms with E-state index in [1.54, 1.807) is 0 Å². The van der Waals surface area contributed by atoms with E-state index in [0.29, 0.717) is 12.7 Å². The molecule has 18 heavy (non-hydrogen) atoms. The minimum atomic E-state index is -1.57. The van der Waals surface area contributed by atoms with Gasteiger partial charge in [-0.05, 0) is 18.9 Å². The van der Waals surface area contributed by atoms with Crippen LogP contribution in [0, 0.1) is 5.92 Å². The Morgan fingerprint density at radius 3 is 2.61 bits per heavy atom. The lowest BCUT2D eigenvalue weighted by Crippen LogP contribution is -2.47. The summed E-state index contributed by atoms with van der Waals surface area (Å²) in [7, 11) is 0. The number of aliphatic hydroxyl groups is 2. The van der Waals surface area contributed by atoms with E-state index in [0.717, 1.165) is 25.7 Å². The maximum Gasteiger partial charge on any atom is 0.125 e. The highest BCUT2D eigenvalue weighted by Gasteiger charge is 2.35. The third-order valence-electron chi connectivity index (χ3n) is 3.06. The average molecular weight is 257 g/mol. The number of aliphatic hydroxyl groups excluding tert-OH is 1. The van der Waals surface area contributed by atoms with E-state index in [-0.39, 0.29) is 6.54 Å². The van der Waals surface area contributed by atoms with Crippen molar-refractivity contribution in [3.05, 3.63) is 10.4 Å². The highest BCUT2D eigenvalue weighted by molar-refractivity contribution is 5.54. The van der Waals surface area contributed by atoms with Gasteiger partial charge in [0.25, 0.3) is 0 Å². The van der Waals surface area contributed by atoms with Crippen LogP contribution in [-0.4, -0.2) is 34.7 Å². The van der Waals surface area contributed by atoms with Crippen LogP contribution in [0.25, 0.3) is 10.4 Å². The summed E-state index contributed by atoms with van der Waals surface area (Å²) in [6.45, 7) is 3.22. The van der Waals surface area contributed by atoms with Gasteiger partial charge >= 0.3 is 0 Å². The second-order valence-corrected chi connectivity index (χ2v) is 4.84. The summed E-state index contributed by atoms with van der Waals surface area (Å²) in [5.41, 5.74) is 6.64. The Hall–Kier alpha value is -1.10. The highest BCUT2D eigenvalue weighted by atomic mass is 16.3. The molecule has 0 saturated heterocycles. The number of hydrogen-bond donors (Lipinski definition) is 2. The van der Waals surface area contributed by atoms with Crippen LogP contribution >= 0.6 is 0 Å². The molecular formula is C12H23N3O3. The van der Waals surface area contributed by atoms with Gasteiger partial charge < -0.3 is 15.0 Å². The molecular weight excluding hydrogens is 234 g/mol. The molecule has 0 saturated carbocycles. The lowest BCUT2D eigenvalue weighted by Gasteiger charge is -2.31. The summed E-state index contributed by atoms with van der Waals surface area (Å²) in [5.74, 6) is -0.620. The molecule has 104 valence electrons. The first-order valence-electron chi connectivity index (χ1n) is 6.36. The predicted octanol–water partition coefficient (Wildman–Crippen LogP) is 2.19. The Bertz CT molecular complexity index is 288. The third-order valence-corrected chi connectivity index (χ3v) is 3.06. The summed E-state index contributed by atoms with van der Waals surface area (Å²) >= 11 is 0. The van der Waals surface area contributed by atoms with Gasteiger partial charge in [-0.1, -0.05) is 37.7 Å². The smallest absolute Gasteiger partial charge is 0.125 e. The molecule has 0 aromatic carbocycles. The largest absolute Gasteiger partial charge is 0.389 e. The first kappa shape index (κ1) is 16.9. The monoisotopic (exact) mass is 257 g/mol. The summed E-state index contributed by atoms with van der Waals surface area (Å²) in [5, 5.41) is 23.1. The van der Waals surface area contributed by atoms with Crippen molar-refractivity contribution in [3.8, 4) is 0 Å². The Balaban J connectivity index is 4.35. The predicted molar refractivity (Wildman–Crippen MR) is 69.0 cm³/mol. The van der Waals surface area contributed by atoms with Crippen LogP contribution in [-0.2, 0) is 4.79 Å². The molecule has 3 unspecified atom stereocenters. The zero-order valence-corrected chi connectivity index (χ0v) is 11.1. The van der Waals surface area contributed by atoms with Crippen LogP contribution in [0.5, 0.6) is 0 Å². The van der Waals surface area contributed by atoms with E-state index in [4.69, 9.17) is 5.53 Å². The van der Waals surface area contributed by atoms with Gasteiger partial charge in [-0.3, -0.25) is 0 Å². The van der Waals surface area contributed by atoms with Gasteiger partial charge in [0.15, 0.2) is 0 Å². The fourth-order valence-corrected chi connectivity index (χ4v) is 1.84. The third kappa shape index (κ3) is 6.00. The second-order valence-electron chi connectivity index (χ2n) is 4.84. The molecule has 0 radical (unpaired) electrons. The number of unbranched alkanes of at least 4 members (excludes halogenated alkanes) is 3. The first-order valence-corrected chi connectivity index (χ1v) is 6.36. The molecule has 6 heteroatoms. The quantitative estimate of drug-likeness (QED) is 0.206. The number of azide groups is 1. The summed E-state index contributed by atoms with van der Waals surface area (Å²) in [6.07, 6.45) is 4.04. The van der Waals surface area contributed by atoms with Gasteiger partial charge in [-0.25, -0.2) is 0 Å². The van der Waals surface area contributed by atoms with E-state index >= 15 is 0 Å². The van der Waals surface area contributed by atoms with Crippen molar-refractivity contribution < 1.29 is 15.0 Å². The van der Waals surface area contributed by atoms with Crippen molar-refractivity contribution in [1.82, 2.24) is 0 Å². The lowest BCUT2D eigenvalue weighted by atomic mass is 9.86. The Morgan fingerprint density at radius 1 is 1.44 bits per heavy atom. The van der Waals surface area contributed by atoms with Crippen LogP contribution < -0.4 is 0 Å². The zero-order chi connectivity index (χ0) is 14.0. The van der Waals surface area contributed by atoms with Gasteiger partial charge in [0.2, 0.25) is 0 Å². The maximum atomic E-state index is 11.0. The fourth-order valence-electron chi connectivity index (χ4n) is 1.84. The number of carbonyl (C=O) groups excluding carboxylic acids is 1. The van der Waals surface area contributed by atoms with Gasteiger partial charge in [0.1, 0.15) is 6.29 Å². The Labute approximate surface area is 108 Å². The molecule has 0 heterocycles. The lowest BCUT2D eigenvalue weighted by molar-refractivity contribution is -0.125. The standard InChI is InChI=1S/C12H23N3O3/c1-3-4-5-6-7-10(8-16)11(17)12(2,18)9-14-15-13/h8,10-11,17-18H,3-7,9H2,1-2H3. The molecule has 0 spiro atoms.